The van der Waals surface area contributed by atoms with Gasteiger partial charge in [-0.3, -0.25) is 4.79 Å². The Hall–Kier alpha value is -2.71. The van der Waals surface area contributed by atoms with Gasteiger partial charge in [-0.05, 0) is 45.0 Å². The number of nitrogens with zero attached hydrogens (tertiary/aromatic N) is 2. The molecule has 1 amide bonds. The number of thiazole rings is 1. The second-order valence-corrected chi connectivity index (χ2v) is 7.16. The van der Waals surface area contributed by atoms with Gasteiger partial charge in [0.2, 0.25) is 0 Å². The van der Waals surface area contributed by atoms with Gasteiger partial charge in [-0.2, -0.15) is 4.99 Å². The number of furan rings is 1. The fraction of sp³-hybridized carbons (Fsp3) is 0.350. The van der Waals surface area contributed by atoms with Crippen molar-refractivity contribution >= 4 is 33.4 Å². The average molecular weight is 402 g/mol. The van der Waals surface area contributed by atoms with Crippen LogP contribution in [0.3, 0.4) is 0 Å². The lowest BCUT2D eigenvalue weighted by molar-refractivity contribution is 0.0600. The van der Waals surface area contributed by atoms with Crippen LogP contribution < -0.4 is 4.80 Å². The van der Waals surface area contributed by atoms with E-state index in [1.807, 2.05) is 17.6 Å². The van der Waals surface area contributed by atoms with Gasteiger partial charge in [0.25, 0.3) is 5.91 Å². The average Bonchev–Trinajstić information content (AvgIpc) is 3.19. The van der Waals surface area contributed by atoms with Gasteiger partial charge in [0.15, 0.2) is 4.80 Å². The predicted octanol–water partition coefficient (Wildman–Crippen LogP) is 3.48. The van der Waals surface area contributed by atoms with E-state index in [0.717, 1.165) is 10.2 Å². The van der Waals surface area contributed by atoms with Crippen molar-refractivity contribution in [3.8, 4) is 0 Å². The van der Waals surface area contributed by atoms with Gasteiger partial charge >= 0.3 is 5.97 Å². The Morgan fingerprint density at radius 1 is 1.25 bits per heavy atom. The number of carbonyl (C=O) groups excluding carboxylic acids is 2. The Morgan fingerprint density at radius 2 is 2.04 bits per heavy atom. The zero-order valence-electron chi connectivity index (χ0n) is 16.3. The van der Waals surface area contributed by atoms with Gasteiger partial charge in [0.1, 0.15) is 11.5 Å². The lowest BCUT2D eigenvalue weighted by Gasteiger charge is -2.06. The number of methoxy groups -OCH3 is 1. The van der Waals surface area contributed by atoms with E-state index in [1.165, 1.54) is 18.4 Å². The number of benzene rings is 1. The van der Waals surface area contributed by atoms with E-state index in [0.29, 0.717) is 47.2 Å². The van der Waals surface area contributed by atoms with Crippen LogP contribution >= 0.6 is 11.3 Å². The molecule has 1 aromatic carbocycles. The third-order valence-corrected chi connectivity index (χ3v) is 5.28. The molecule has 2 aromatic heterocycles. The molecule has 0 aliphatic rings. The van der Waals surface area contributed by atoms with Crippen molar-refractivity contribution in [2.24, 2.45) is 4.99 Å². The van der Waals surface area contributed by atoms with Crippen LogP contribution in [-0.2, 0) is 16.0 Å². The normalized spacial score (nSPS) is 11.9. The Kier molecular flexibility index (Phi) is 6.11. The topological polar surface area (TPSA) is 83.0 Å². The van der Waals surface area contributed by atoms with E-state index >= 15 is 0 Å². The first kappa shape index (κ1) is 20.0. The third-order valence-electron chi connectivity index (χ3n) is 4.24. The SMILES string of the molecule is CCOCCn1c(=NC(=O)c2cc(C)oc2C)sc2cc(C(=O)OC)ccc21. The quantitative estimate of drug-likeness (QED) is 0.466. The van der Waals surface area contributed by atoms with Crippen LogP contribution in [0.1, 0.15) is 39.2 Å². The Morgan fingerprint density at radius 3 is 2.68 bits per heavy atom. The number of esters is 1. The number of ether oxygens (including phenoxy) is 2. The maximum absolute atomic E-state index is 12.7. The molecule has 0 bridgehead atoms. The van der Waals surface area contributed by atoms with Gasteiger partial charge < -0.3 is 18.5 Å². The second-order valence-electron chi connectivity index (χ2n) is 6.15. The van der Waals surface area contributed by atoms with Gasteiger partial charge in [0, 0.05) is 13.2 Å². The van der Waals surface area contributed by atoms with Gasteiger partial charge in [-0.15, -0.1) is 0 Å². The molecule has 3 rings (SSSR count). The number of fused-ring (bicyclic) bond motifs is 1. The van der Waals surface area contributed by atoms with Crippen molar-refractivity contribution in [2.45, 2.75) is 27.3 Å². The van der Waals surface area contributed by atoms with Crippen LogP contribution in [0.25, 0.3) is 10.2 Å². The van der Waals surface area contributed by atoms with E-state index < -0.39 is 5.97 Å². The standard InChI is InChI=1S/C20H22N2O5S/c1-5-26-9-8-22-16-7-6-14(19(24)25-4)11-17(16)28-20(22)21-18(23)15-10-12(2)27-13(15)3/h6-7,10-11H,5,8-9H2,1-4H3. The first-order valence-corrected chi connectivity index (χ1v) is 9.71. The number of amides is 1. The molecule has 0 aliphatic carbocycles. The maximum atomic E-state index is 12.7. The molecular formula is C20H22N2O5S. The number of hydrogen-bond acceptors (Lipinski definition) is 6. The molecule has 0 aliphatic heterocycles. The first-order chi connectivity index (χ1) is 13.4. The van der Waals surface area contributed by atoms with Gasteiger partial charge in [-0.1, -0.05) is 11.3 Å². The van der Waals surface area contributed by atoms with Crippen molar-refractivity contribution in [3.05, 3.63) is 51.7 Å². The minimum Gasteiger partial charge on any atom is -0.466 e. The molecule has 0 atom stereocenters. The molecular weight excluding hydrogens is 380 g/mol. The summed E-state index contributed by atoms with van der Waals surface area (Å²) in [6, 6.07) is 6.97. The van der Waals surface area contributed by atoms with E-state index in [1.54, 1.807) is 32.0 Å². The molecule has 0 saturated carbocycles. The monoisotopic (exact) mass is 402 g/mol. The summed E-state index contributed by atoms with van der Waals surface area (Å²) in [5, 5.41) is 0. The van der Waals surface area contributed by atoms with Crippen molar-refractivity contribution in [3.63, 3.8) is 0 Å². The zero-order valence-corrected chi connectivity index (χ0v) is 17.1. The fourth-order valence-corrected chi connectivity index (χ4v) is 4.00. The van der Waals surface area contributed by atoms with Crippen molar-refractivity contribution in [1.82, 2.24) is 4.57 Å². The van der Waals surface area contributed by atoms with Crippen LogP contribution in [0.4, 0.5) is 0 Å². The summed E-state index contributed by atoms with van der Waals surface area (Å²) in [6.07, 6.45) is 0. The summed E-state index contributed by atoms with van der Waals surface area (Å²) in [5.74, 6) is 0.440. The molecule has 7 nitrogen and oxygen atoms in total. The van der Waals surface area contributed by atoms with Crippen molar-refractivity contribution < 1.29 is 23.5 Å². The highest BCUT2D eigenvalue weighted by molar-refractivity contribution is 7.16. The van der Waals surface area contributed by atoms with Crippen LogP contribution in [0.2, 0.25) is 0 Å². The lowest BCUT2D eigenvalue weighted by atomic mass is 10.2. The summed E-state index contributed by atoms with van der Waals surface area (Å²) in [6.45, 7) is 7.10. The fourth-order valence-electron chi connectivity index (χ4n) is 2.91. The maximum Gasteiger partial charge on any atom is 0.337 e. The number of rotatable bonds is 6. The van der Waals surface area contributed by atoms with E-state index in [9.17, 15) is 9.59 Å². The summed E-state index contributed by atoms with van der Waals surface area (Å²) >= 11 is 1.34. The second kappa shape index (κ2) is 8.53. The van der Waals surface area contributed by atoms with Crippen LogP contribution in [0, 0.1) is 13.8 Å². The van der Waals surface area contributed by atoms with Crippen LogP contribution in [0.5, 0.6) is 0 Å². The number of aromatic nitrogens is 1. The number of carbonyl (C=O) groups is 2. The highest BCUT2D eigenvalue weighted by Crippen LogP contribution is 2.21. The lowest BCUT2D eigenvalue weighted by Crippen LogP contribution is -2.19. The highest BCUT2D eigenvalue weighted by Gasteiger charge is 2.15. The molecule has 3 aromatic rings. The minimum atomic E-state index is -0.407. The smallest absolute Gasteiger partial charge is 0.337 e. The summed E-state index contributed by atoms with van der Waals surface area (Å²) < 4.78 is 18.5. The highest BCUT2D eigenvalue weighted by atomic mass is 32.1. The van der Waals surface area contributed by atoms with E-state index in [-0.39, 0.29) is 5.91 Å². The van der Waals surface area contributed by atoms with Crippen LogP contribution in [-0.4, -0.2) is 36.8 Å². The molecule has 0 spiro atoms. The summed E-state index contributed by atoms with van der Waals surface area (Å²) in [5.41, 5.74) is 1.78. The number of hydrogen-bond donors (Lipinski definition) is 0. The number of aryl methyl sites for hydroxylation is 2. The zero-order chi connectivity index (χ0) is 20.3. The van der Waals surface area contributed by atoms with E-state index in [2.05, 4.69) is 4.99 Å². The van der Waals surface area contributed by atoms with Gasteiger partial charge in [-0.25, -0.2) is 4.79 Å². The molecule has 0 radical (unpaired) electrons. The largest absolute Gasteiger partial charge is 0.466 e. The first-order valence-electron chi connectivity index (χ1n) is 8.90. The van der Waals surface area contributed by atoms with Crippen molar-refractivity contribution in [1.29, 1.82) is 0 Å². The molecule has 0 fully saturated rings. The summed E-state index contributed by atoms with van der Waals surface area (Å²) in [4.78, 5) is 29.4. The Balaban J connectivity index is 2.10. The molecule has 0 saturated heterocycles. The Labute approximate surface area is 166 Å². The van der Waals surface area contributed by atoms with E-state index in [4.69, 9.17) is 13.9 Å². The summed E-state index contributed by atoms with van der Waals surface area (Å²) in [7, 11) is 1.35. The molecule has 0 unspecified atom stereocenters. The minimum absolute atomic E-state index is 0.362. The third kappa shape index (κ3) is 4.07. The molecule has 2 heterocycles. The van der Waals surface area contributed by atoms with Crippen LogP contribution in [0.15, 0.2) is 33.7 Å². The Bertz CT molecular complexity index is 1090. The molecule has 8 heteroatoms. The molecule has 28 heavy (non-hydrogen) atoms. The predicted molar refractivity (Wildman–Crippen MR) is 106 cm³/mol. The molecule has 148 valence electrons. The van der Waals surface area contributed by atoms with Crippen molar-refractivity contribution in [2.75, 3.05) is 20.3 Å². The molecule has 0 N–H and O–H groups in total. The van der Waals surface area contributed by atoms with Gasteiger partial charge in [0.05, 0.1) is 35.1 Å².